The first-order valence-corrected chi connectivity index (χ1v) is 9.00. The molecule has 0 aliphatic carbocycles. The van der Waals surface area contributed by atoms with Crippen LogP contribution in [0.1, 0.15) is 5.56 Å². The number of aromatic nitrogens is 1. The number of hydrogen-bond donors (Lipinski definition) is 2. The first-order chi connectivity index (χ1) is 13.5. The van der Waals surface area contributed by atoms with Gasteiger partial charge in [-0.15, -0.1) is 17.9 Å². The Labute approximate surface area is 163 Å². The molecule has 2 aromatic carbocycles. The third-order valence-electron chi connectivity index (χ3n) is 3.74. The lowest BCUT2D eigenvalue weighted by molar-refractivity contribution is -0.384. The molecule has 0 saturated carbocycles. The summed E-state index contributed by atoms with van der Waals surface area (Å²) in [6, 6.07) is 10.3. The molecule has 0 atom stereocenters. The average molecular weight is 396 g/mol. The molecule has 0 unspecified atom stereocenters. The van der Waals surface area contributed by atoms with E-state index < -0.39 is 4.92 Å². The first-order valence-electron chi connectivity index (χ1n) is 8.12. The van der Waals surface area contributed by atoms with Crippen molar-refractivity contribution in [2.45, 2.75) is 0 Å². The number of phenols is 2. The van der Waals surface area contributed by atoms with Gasteiger partial charge in [0.2, 0.25) is 4.80 Å². The van der Waals surface area contributed by atoms with Gasteiger partial charge >= 0.3 is 0 Å². The van der Waals surface area contributed by atoms with E-state index in [1.807, 2.05) is 5.38 Å². The van der Waals surface area contributed by atoms with Crippen molar-refractivity contribution in [2.75, 3.05) is 6.54 Å². The molecule has 0 amide bonds. The Morgan fingerprint density at radius 1 is 1.21 bits per heavy atom. The molecular formula is C19H16N4O4S. The Balaban J connectivity index is 2.07. The summed E-state index contributed by atoms with van der Waals surface area (Å²) in [6.07, 6.45) is 3.11. The van der Waals surface area contributed by atoms with E-state index in [-0.39, 0.29) is 17.2 Å². The normalized spacial score (nSPS) is 11.8. The molecule has 9 heteroatoms. The molecule has 0 spiro atoms. The van der Waals surface area contributed by atoms with E-state index in [4.69, 9.17) is 0 Å². The van der Waals surface area contributed by atoms with Gasteiger partial charge < -0.3 is 10.2 Å². The number of benzene rings is 2. The summed E-state index contributed by atoms with van der Waals surface area (Å²) in [5.41, 5.74) is 1.84. The Kier molecular flexibility index (Phi) is 5.66. The summed E-state index contributed by atoms with van der Waals surface area (Å²) in [4.78, 5) is 15.4. The summed E-state index contributed by atoms with van der Waals surface area (Å²) in [7, 11) is 0. The summed E-state index contributed by atoms with van der Waals surface area (Å²) in [5, 5.41) is 36.5. The molecule has 142 valence electrons. The minimum atomic E-state index is -0.456. The lowest BCUT2D eigenvalue weighted by Gasteiger charge is -2.04. The van der Waals surface area contributed by atoms with Crippen molar-refractivity contribution < 1.29 is 15.1 Å². The van der Waals surface area contributed by atoms with Gasteiger partial charge in [0.05, 0.1) is 23.4 Å². The SMILES string of the molecule is C=CCN=c1scc(-c2ccc([N+](=O)[O-])cc2)n1N=Cc1ccc(O)cc1O. The molecule has 0 bridgehead atoms. The van der Waals surface area contributed by atoms with E-state index in [1.165, 1.54) is 47.9 Å². The zero-order valence-corrected chi connectivity index (χ0v) is 15.4. The standard InChI is InChI=1S/C19H16N4O4S/c1-2-9-20-19-22(21-11-14-5-8-16(24)10-18(14)25)17(12-28-19)13-3-6-15(7-4-13)23(26)27/h2-8,10-12,24-25H,1,9H2. The molecule has 0 saturated heterocycles. The van der Waals surface area contributed by atoms with Crippen LogP contribution in [0.3, 0.4) is 0 Å². The molecule has 0 fully saturated rings. The van der Waals surface area contributed by atoms with Gasteiger partial charge in [0.15, 0.2) is 0 Å². The average Bonchev–Trinajstić information content (AvgIpc) is 3.08. The maximum atomic E-state index is 10.9. The minimum absolute atomic E-state index is 0.000357. The predicted octanol–water partition coefficient (Wildman–Crippen LogP) is 3.50. The van der Waals surface area contributed by atoms with Crippen molar-refractivity contribution in [1.29, 1.82) is 0 Å². The molecule has 0 aliphatic heterocycles. The van der Waals surface area contributed by atoms with Gasteiger partial charge in [0, 0.05) is 34.7 Å². The van der Waals surface area contributed by atoms with Crippen LogP contribution in [-0.2, 0) is 0 Å². The molecule has 3 aromatic rings. The van der Waals surface area contributed by atoms with Crippen LogP contribution in [0.25, 0.3) is 11.3 Å². The lowest BCUT2D eigenvalue weighted by Crippen LogP contribution is -2.12. The van der Waals surface area contributed by atoms with Crippen molar-refractivity contribution in [3.05, 3.63) is 81.0 Å². The van der Waals surface area contributed by atoms with E-state index in [0.29, 0.717) is 22.6 Å². The number of nitrogens with zero attached hydrogens (tertiary/aromatic N) is 4. The highest BCUT2D eigenvalue weighted by atomic mass is 32.1. The highest BCUT2D eigenvalue weighted by molar-refractivity contribution is 7.07. The quantitative estimate of drug-likeness (QED) is 0.287. The molecule has 2 N–H and O–H groups in total. The number of rotatable bonds is 6. The van der Waals surface area contributed by atoms with E-state index >= 15 is 0 Å². The summed E-state index contributed by atoms with van der Waals surface area (Å²) in [6.45, 7) is 4.06. The van der Waals surface area contributed by atoms with Crippen LogP contribution in [0.4, 0.5) is 5.69 Å². The summed E-state index contributed by atoms with van der Waals surface area (Å²) < 4.78 is 1.58. The van der Waals surface area contributed by atoms with Crippen molar-refractivity contribution in [3.63, 3.8) is 0 Å². The van der Waals surface area contributed by atoms with Crippen LogP contribution in [0.15, 0.2) is 70.6 Å². The highest BCUT2D eigenvalue weighted by Gasteiger charge is 2.10. The van der Waals surface area contributed by atoms with Crippen LogP contribution in [0.2, 0.25) is 0 Å². The molecule has 3 rings (SSSR count). The lowest BCUT2D eigenvalue weighted by atomic mass is 10.1. The molecule has 1 aromatic heterocycles. The number of aromatic hydroxyl groups is 2. The fourth-order valence-corrected chi connectivity index (χ4v) is 3.22. The fourth-order valence-electron chi connectivity index (χ4n) is 2.38. The van der Waals surface area contributed by atoms with E-state index in [2.05, 4.69) is 16.7 Å². The zero-order chi connectivity index (χ0) is 20.1. The molecule has 1 heterocycles. The van der Waals surface area contributed by atoms with Crippen molar-refractivity contribution >= 4 is 23.2 Å². The molecule has 0 radical (unpaired) electrons. The van der Waals surface area contributed by atoms with Gasteiger partial charge in [-0.3, -0.25) is 15.1 Å². The number of phenolic OH excluding ortho intramolecular Hbond substituents is 2. The second-order valence-corrected chi connectivity index (χ2v) is 6.47. The van der Waals surface area contributed by atoms with E-state index in [9.17, 15) is 20.3 Å². The topological polar surface area (TPSA) is 113 Å². The number of non-ortho nitro benzene ring substituents is 1. The monoisotopic (exact) mass is 396 g/mol. The van der Waals surface area contributed by atoms with Gasteiger partial charge in [-0.25, -0.2) is 4.68 Å². The summed E-state index contributed by atoms with van der Waals surface area (Å²) in [5.74, 6) is -0.160. The Morgan fingerprint density at radius 2 is 1.96 bits per heavy atom. The maximum absolute atomic E-state index is 10.9. The van der Waals surface area contributed by atoms with Crippen LogP contribution < -0.4 is 4.80 Å². The Bertz CT molecular complexity index is 1110. The predicted molar refractivity (Wildman–Crippen MR) is 108 cm³/mol. The number of nitro benzene ring substituents is 1. The Morgan fingerprint density at radius 3 is 2.61 bits per heavy atom. The van der Waals surface area contributed by atoms with Crippen LogP contribution in [-0.4, -0.2) is 32.6 Å². The largest absolute Gasteiger partial charge is 0.508 e. The van der Waals surface area contributed by atoms with Crippen molar-refractivity contribution in [2.24, 2.45) is 10.1 Å². The van der Waals surface area contributed by atoms with E-state index in [0.717, 1.165) is 5.56 Å². The van der Waals surface area contributed by atoms with Gasteiger partial charge in [-0.1, -0.05) is 6.08 Å². The van der Waals surface area contributed by atoms with Crippen molar-refractivity contribution in [3.8, 4) is 22.8 Å². The van der Waals surface area contributed by atoms with Gasteiger partial charge in [0.25, 0.3) is 5.69 Å². The van der Waals surface area contributed by atoms with Gasteiger partial charge in [0.1, 0.15) is 11.5 Å². The number of thiazole rings is 1. The number of hydrogen-bond acceptors (Lipinski definition) is 7. The van der Waals surface area contributed by atoms with Crippen molar-refractivity contribution in [1.82, 2.24) is 4.68 Å². The number of nitro groups is 1. The smallest absolute Gasteiger partial charge is 0.269 e. The molecule has 8 nitrogen and oxygen atoms in total. The van der Waals surface area contributed by atoms with Gasteiger partial charge in [-0.05, 0) is 24.3 Å². The van der Waals surface area contributed by atoms with Gasteiger partial charge in [-0.2, -0.15) is 5.10 Å². The van der Waals surface area contributed by atoms with Crippen LogP contribution >= 0.6 is 11.3 Å². The third kappa shape index (κ3) is 4.15. The fraction of sp³-hybridized carbons (Fsp3) is 0.0526. The highest BCUT2D eigenvalue weighted by Crippen LogP contribution is 2.24. The molecular weight excluding hydrogens is 380 g/mol. The van der Waals surface area contributed by atoms with Crippen LogP contribution in [0, 0.1) is 10.1 Å². The second kappa shape index (κ2) is 8.31. The van der Waals surface area contributed by atoms with Crippen LogP contribution in [0.5, 0.6) is 11.5 Å². The molecule has 28 heavy (non-hydrogen) atoms. The van der Waals surface area contributed by atoms with E-state index in [1.54, 1.807) is 22.9 Å². The zero-order valence-electron chi connectivity index (χ0n) is 14.6. The summed E-state index contributed by atoms with van der Waals surface area (Å²) >= 11 is 1.36. The second-order valence-electron chi connectivity index (χ2n) is 5.64. The molecule has 0 aliphatic rings. The first kappa shape index (κ1) is 19.1. The maximum Gasteiger partial charge on any atom is 0.269 e. The third-order valence-corrected chi connectivity index (χ3v) is 4.60. The minimum Gasteiger partial charge on any atom is -0.508 e. The Hall–Kier alpha value is -3.72.